The number of nitriles is 1. The largest absolute Gasteiger partial charge is 0.480 e. The summed E-state index contributed by atoms with van der Waals surface area (Å²) in [6.45, 7) is 4.11. The van der Waals surface area contributed by atoms with Crippen molar-refractivity contribution in [2.75, 3.05) is 0 Å². The predicted molar refractivity (Wildman–Crippen MR) is 140 cm³/mol. The average molecular weight is 496 g/mol. The van der Waals surface area contributed by atoms with Crippen molar-refractivity contribution in [2.45, 2.75) is 38.8 Å². The molecular weight excluding hydrogens is 466 g/mol. The van der Waals surface area contributed by atoms with Gasteiger partial charge in [0.25, 0.3) is 0 Å². The summed E-state index contributed by atoms with van der Waals surface area (Å²) >= 11 is 0. The van der Waals surface area contributed by atoms with Gasteiger partial charge in [0.2, 0.25) is 5.91 Å². The van der Waals surface area contributed by atoms with Gasteiger partial charge in [0.15, 0.2) is 0 Å². The van der Waals surface area contributed by atoms with E-state index in [4.69, 9.17) is 5.26 Å². The standard InChI is InChI=1S/C29H29N5O3/c1-19(2)15-25(28-31-12-13-32-28)33-27(35)16-26(29(36)37)34-14-11-24(18-34)23-9-7-22(8-10-23)21-5-3-20(17-30)4-6-21/h3-14,18-19,25-26H,15-16H2,1-2H3,(H,31,32)(H,33,35)(H,36,37)/t25-,26+/m0/s1. The fourth-order valence-corrected chi connectivity index (χ4v) is 4.30. The van der Waals surface area contributed by atoms with Gasteiger partial charge < -0.3 is 20.0 Å². The van der Waals surface area contributed by atoms with Crippen LogP contribution in [0.15, 0.2) is 79.4 Å². The molecule has 4 aromatic rings. The molecule has 0 radical (unpaired) electrons. The zero-order valence-electron chi connectivity index (χ0n) is 20.8. The van der Waals surface area contributed by atoms with Crippen LogP contribution in [0.5, 0.6) is 0 Å². The van der Waals surface area contributed by atoms with Crippen molar-refractivity contribution in [1.29, 1.82) is 5.26 Å². The van der Waals surface area contributed by atoms with Crippen molar-refractivity contribution in [1.82, 2.24) is 19.9 Å². The molecule has 0 aliphatic heterocycles. The van der Waals surface area contributed by atoms with Crippen molar-refractivity contribution in [3.8, 4) is 28.3 Å². The van der Waals surface area contributed by atoms with Gasteiger partial charge in [-0.15, -0.1) is 0 Å². The highest BCUT2D eigenvalue weighted by molar-refractivity contribution is 5.83. The van der Waals surface area contributed by atoms with Gasteiger partial charge in [0.05, 0.1) is 24.1 Å². The third-order valence-electron chi connectivity index (χ3n) is 6.20. The molecule has 0 saturated heterocycles. The highest BCUT2D eigenvalue weighted by atomic mass is 16.4. The quantitative estimate of drug-likeness (QED) is 0.274. The number of carboxylic acid groups (broad SMARTS) is 1. The number of aliphatic carboxylic acids is 1. The molecule has 4 rings (SSSR count). The summed E-state index contributed by atoms with van der Waals surface area (Å²) in [4.78, 5) is 32.2. The van der Waals surface area contributed by atoms with E-state index in [0.29, 0.717) is 23.7 Å². The lowest BCUT2D eigenvalue weighted by atomic mass is 10.0. The van der Waals surface area contributed by atoms with E-state index >= 15 is 0 Å². The predicted octanol–water partition coefficient (Wildman–Crippen LogP) is 5.34. The van der Waals surface area contributed by atoms with Gasteiger partial charge in [-0.25, -0.2) is 9.78 Å². The SMILES string of the molecule is CC(C)C[C@H](NC(=O)C[C@H](C(=O)O)n1ccc(-c2ccc(-c3ccc(C#N)cc3)cc2)c1)c1ncc[nH]1. The number of amides is 1. The number of hydrogen-bond acceptors (Lipinski definition) is 4. The lowest BCUT2D eigenvalue weighted by molar-refractivity contribution is -0.143. The number of nitrogens with zero attached hydrogens (tertiary/aromatic N) is 3. The Balaban J connectivity index is 1.46. The number of carbonyl (C=O) groups is 2. The van der Waals surface area contributed by atoms with E-state index in [-0.39, 0.29) is 18.4 Å². The Hall–Kier alpha value is -4.64. The summed E-state index contributed by atoms with van der Waals surface area (Å²) < 4.78 is 1.57. The second-order valence-corrected chi connectivity index (χ2v) is 9.40. The second kappa shape index (κ2) is 11.4. The Morgan fingerprint density at radius 3 is 2.19 bits per heavy atom. The number of nitrogens with one attached hydrogen (secondary N) is 2. The maximum Gasteiger partial charge on any atom is 0.327 e. The van der Waals surface area contributed by atoms with E-state index < -0.39 is 12.0 Å². The number of hydrogen-bond donors (Lipinski definition) is 3. The molecule has 0 bridgehead atoms. The molecule has 2 aromatic carbocycles. The molecule has 8 heteroatoms. The molecule has 0 aliphatic rings. The van der Waals surface area contributed by atoms with Gasteiger partial charge in [-0.2, -0.15) is 5.26 Å². The average Bonchev–Trinajstić information content (AvgIpc) is 3.60. The number of carbonyl (C=O) groups excluding carboxylic acids is 1. The molecule has 37 heavy (non-hydrogen) atoms. The summed E-state index contributed by atoms with van der Waals surface area (Å²) in [6, 6.07) is 17.9. The van der Waals surface area contributed by atoms with Crippen LogP contribution in [0.1, 0.15) is 50.2 Å². The van der Waals surface area contributed by atoms with Gasteiger partial charge in [-0.3, -0.25) is 4.79 Å². The molecule has 1 amide bonds. The van der Waals surface area contributed by atoms with Crippen LogP contribution in [0.2, 0.25) is 0 Å². The number of rotatable bonds is 10. The molecule has 0 unspecified atom stereocenters. The third kappa shape index (κ3) is 6.33. The van der Waals surface area contributed by atoms with E-state index in [9.17, 15) is 14.7 Å². The van der Waals surface area contributed by atoms with Crippen LogP contribution in [0.25, 0.3) is 22.3 Å². The van der Waals surface area contributed by atoms with Crippen LogP contribution in [0, 0.1) is 17.2 Å². The van der Waals surface area contributed by atoms with E-state index in [2.05, 4.69) is 35.2 Å². The number of aromatic nitrogens is 3. The van der Waals surface area contributed by atoms with Crippen LogP contribution in [0.3, 0.4) is 0 Å². The minimum atomic E-state index is -1.08. The lowest BCUT2D eigenvalue weighted by Gasteiger charge is -2.20. The second-order valence-electron chi connectivity index (χ2n) is 9.40. The van der Waals surface area contributed by atoms with Crippen molar-refractivity contribution in [2.24, 2.45) is 5.92 Å². The first kappa shape index (κ1) is 25.5. The molecule has 0 fully saturated rings. The summed E-state index contributed by atoms with van der Waals surface area (Å²) in [5, 5.41) is 21.8. The van der Waals surface area contributed by atoms with Gasteiger partial charge in [0.1, 0.15) is 11.9 Å². The molecule has 2 atom stereocenters. The number of aromatic amines is 1. The Morgan fingerprint density at radius 2 is 1.65 bits per heavy atom. The van der Waals surface area contributed by atoms with Gasteiger partial charge >= 0.3 is 5.97 Å². The van der Waals surface area contributed by atoms with Gasteiger partial charge in [-0.05, 0) is 52.8 Å². The molecule has 2 heterocycles. The first-order valence-electron chi connectivity index (χ1n) is 12.1. The zero-order valence-corrected chi connectivity index (χ0v) is 20.8. The molecule has 8 nitrogen and oxygen atoms in total. The monoisotopic (exact) mass is 495 g/mol. The maximum absolute atomic E-state index is 12.9. The molecule has 0 aliphatic carbocycles. The molecular formula is C29H29N5O3. The first-order chi connectivity index (χ1) is 17.8. The normalized spacial score (nSPS) is 12.6. The van der Waals surface area contributed by atoms with E-state index in [1.807, 2.05) is 42.5 Å². The summed E-state index contributed by atoms with van der Waals surface area (Å²) in [5.41, 5.74) is 4.41. The Morgan fingerprint density at radius 1 is 1.03 bits per heavy atom. The van der Waals surface area contributed by atoms with E-state index in [1.54, 1.807) is 41.5 Å². The highest BCUT2D eigenvalue weighted by Gasteiger charge is 2.26. The summed E-state index contributed by atoms with van der Waals surface area (Å²) in [5.74, 6) is -0.453. The molecule has 2 aromatic heterocycles. The Kier molecular flexibility index (Phi) is 7.84. The van der Waals surface area contributed by atoms with Crippen LogP contribution in [0.4, 0.5) is 0 Å². The minimum absolute atomic E-state index is 0.198. The highest BCUT2D eigenvalue weighted by Crippen LogP contribution is 2.27. The van der Waals surface area contributed by atoms with Crippen molar-refractivity contribution in [3.05, 3.63) is 90.8 Å². The number of H-pyrrole nitrogens is 1. The van der Waals surface area contributed by atoms with Crippen molar-refractivity contribution < 1.29 is 14.7 Å². The number of benzene rings is 2. The molecule has 0 saturated carbocycles. The van der Waals surface area contributed by atoms with Crippen molar-refractivity contribution >= 4 is 11.9 Å². The van der Waals surface area contributed by atoms with Gasteiger partial charge in [-0.1, -0.05) is 50.2 Å². The molecule has 188 valence electrons. The van der Waals surface area contributed by atoms with Crippen LogP contribution >= 0.6 is 0 Å². The molecule has 0 spiro atoms. The topological polar surface area (TPSA) is 124 Å². The maximum atomic E-state index is 12.9. The third-order valence-corrected chi connectivity index (χ3v) is 6.20. The number of carboxylic acids is 1. The Bertz CT molecular complexity index is 1380. The Labute approximate surface area is 215 Å². The molecule has 3 N–H and O–H groups in total. The summed E-state index contributed by atoms with van der Waals surface area (Å²) in [7, 11) is 0. The van der Waals surface area contributed by atoms with E-state index in [0.717, 1.165) is 22.3 Å². The van der Waals surface area contributed by atoms with Crippen LogP contribution in [-0.4, -0.2) is 31.5 Å². The smallest absolute Gasteiger partial charge is 0.327 e. The fourth-order valence-electron chi connectivity index (χ4n) is 4.30. The van der Waals surface area contributed by atoms with E-state index in [1.165, 1.54) is 0 Å². The van der Waals surface area contributed by atoms with Crippen molar-refractivity contribution in [3.63, 3.8) is 0 Å². The van der Waals surface area contributed by atoms with Gasteiger partial charge in [0, 0.05) is 24.8 Å². The van der Waals surface area contributed by atoms with Crippen LogP contribution < -0.4 is 5.32 Å². The number of imidazole rings is 1. The zero-order chi connectivity index (χ0) is 26.4. The fraction of sp³-hybridized carbons (Fsp3) is 0.241. The minimum Gasteiger partial charge on any atom is -0.480 e. The lowest BCUT2D eigenvalue weighted by Crippen LogP contribution is -2.33. The summed E-state index contributed by atoms with van der Waals surface area (Å²) in [6.07, 6.45) is 7.26. The first-order valence-corrected chi connectivity index (χ1v) is 12.1. The van der Waals surface area contributed by atoms with Crippen LogP contribution in [-0.2, 0) is 9.59 Å².